The maximum absolute atomic E-state index is 11.8. The van der Waals surface area contributed by atoms with E-state index in [0.29, 0.717) is 0 Å². The molecule has 1 aromatic carbocycles. The van der Waals surface area contributed by atoms with Crippen LogP contribution in [0.1, 0.15) is 11.1 Å². The smallest absolute Gasteiger partial charge is 0.407 e. The van der Waals surface area contributed by atoms with Crippen molar-refractivity contribution in [2.24, 2.45) is 0 Å². The highest BCUT2D eigenvalue weighted by molar-refractivity contribution is 5.81. The van der Waals surface area contributed by atoms with Gasteiger partial charge in [0.25, 0.3) is 0 Å². The van der Waals surface area contributed by atoms with Crippen LogP contribution in [0.3, 0.4) is 0 Å². The van der Waals surface area contributed by atoms with E-state index >= 15 is 0 Å². The second kappa shape index (κ2) is 19.4. The highest BCUT2D eigenvalue weighted by atomic mass is 16.6. The predicted molar refractivity (Wildman–Crippen MR) is 127 cm³/mol. The van der Waals surface area contributed by atoms with E-state index < -0.39 is 24.1 Å². The fourth-order valence-electron chi connectivity index (χ4n) is 2.41. The van der Waals surface area contributed by atoms with Crippen molar-refractivity contribution in [2.75, 3.05) is 52.9 Å². The largest absolute Gasteiger partial charge is 0.460 e. The van der Waals surface area contributed by atoms with Gasteiger partial charge in [0.05, 0.1) is 26.4 Å². The van der Waals surface area contributed by atoms with E-state index in [1.54, 1.807) is 6.07 Å². The average Bonchev–Trinajstić information content (AvgIpc) is 2.89. The first-order chi connectivity index (χ1) is 17.4. The fourth-order valence-corrected chi connectivity index (χ4v) is 2.41. The Balaban J connectivity index is 2.13. The summed E-state index contributed by atoms with van der Waals surface area (Å²) in [5.41, 5.74) is 1.62. The van der Waals surface area contributed by atoms with Crippen LogP contribution in [0.5, 0.6) is 0 Å². The molecule has 198 valence electrons. The Kier molecular flexibility index (Phi) is 16.2. The Labute approximate surface area is 209 Å². The number of amides is 2. The van der Waals surface area contributed by atoms with Crippen LogP contribution >= 0.6 is 0 Å². The molecule has 0 spiro atoms. The standard InChI is InChI=1S/C24H32N2O10/c1-3-21(27)33-12-8-31-10-14-35-23(29)25-17-19-6-5-7-20(16-19)18-26-24(30)36-15-11-32-9-13-34-22(28)4-2/h3-7,16H,1-2,8-15,17-18H2,(H,25,29)(H,26,30). The Hall–Kier alpha value is -3.90. The molecule has 0 aromatic heterocycles. The molecule has 2 amide bonds. The Morgan fingerprint density at radius 3 is 1.42 bits per heavy atom. The molecular weight excluding hydrogens is 476 g/mol. The summed E-state index contributed by atoms with van der Waals surface area (Å²) in [5, 5.41) is 5.24. The number of rotatable bonds is 18. The first-order valence-electron chi connectivity index (χ1n) is 11.1. The van der Waals surface area contributed by atoms with E-state index in [9.17, 15) is 19.2 Å². The second-order valence-electron chi connectivity index (χ2n) is 6.77. The van der Waals surface area contributed by atoms with E-state index in [1.807, 2.05) is 18.2 Å². The number of ether oxygens (including phenoxy) is 6. The van der Waals surface area contributed by atoms with Crippen LogP contribution in [0.25, 0.3) is 0 Å². The van der Waals surface area contributed by atoms with Crippen molar-refractivity contribution in [1.82, 2.24) is 10.6 Å². The highest BCUT2D eigenvalue weighted by Crippen LogP contribution is 2.05. The summed E-state index contributed by atoms with van der Waals surface area (Å²) in [5.74, 6) is -1.06. The van der Waals surface area contributed by atoms with Crippen LogP contribution in [-0.4, -0.2) is 77.0 Å². The van der Waals surface area contributed by atoms with Crippen LogP contribution in [0.2, 0.25) is 0 Å². The maximum Gasteiger partial charge on any atom is 0.407 e. The molecule has 0 fully saturated rings. The molecule has 0 bridgehead atoms. The van der Waals surface area contributed by atoms with Gasteiger partial charge in [-0.05, 0) is 11.1 Å². The van der Waals surface area contributed by atoms with Gasteiger partial charge in [0.15, 0.2) is 0 Å². The Morgan fingerprint density at radius 2 is 1.03 bits per heavy atom. The van der Waals surface area contributed by atoms with Crippen molar-refractivity contribution in [2.45, 2.75) is 13.1 Å². The molecule has 0 atom stereocenters. The number of esters is 2. The monoisotopic (exact) mass is 508 g/mol. The molecule has 1 aromatic rings. The molecule has 12 heteroatoms. The van der Waals surface area contributed by atoms with Crippen LogP contribution in [0.15, 0.2) is 49.6 Å². The highest BCUT2D eigenvalue weighted by Gasteiger charge is 2.05. The minimum absolute atomic E-state index is 0.0428. The van der Waals surface area contributed by atoms with Crippen molar-refractivity contribution in [3.05, 3.63) is 60.7 Å². The van der Waals surface area contributed by atoms with Gasteiger partial charge in [-0.15, -0.1) is 0 Å². The van der Waals surface area contributed by atoms with Crippen LogP contribution in [0, 0.1) is 0 Å². The lowest BCUT2D eigenvalue weighted by Crippen LogP contribution is -2.26. The third-order valence-electron chi connectivity index (χ3n) is 4.06. The van der Waals surface area contributed by atoms with E-state index in [0.717, 1.165) is 23.3 Å². The predicted octanol–water partition coefficient (Wildman–Crippen LogP) is 1.63. The molecule has 36 heavy (non-hydrogen) atoms. The molecular formula is C24H32N2O10. The first-order valence-corrected chi connectivity index (χ1v) is 11.1. The summed E-state index contributed by atoms with van der Waals surface area (Å²) in [7, 11) is 0. The molecule has 0 heterocycles. The minimum Gasteiger partial charge on any atom is -0.460 e. The van der Waals surface area contributed by atoms with E-state index in [4.69, 9.17) is 28.4 Å². The summed E-state index contributed by atoms with van der Waals surface area (Å²) >= 11 is 0. The van der Waals surface area contributed by atoms with Gasteiger partial charge in [0, 0.05) is 25.2 Å². The lowest BCUT2D eigenvalue weighted by atomic mass is 10.1. The lowest BCUT2D eigenvalue weighted by Gasteiger charge is -2.10. The van der Waals surface area contributed by atoms with Gasteiger partial charge in [0.2, 0.25) is 0 Å². The van der Waals surface area contributed by atoms with Gasteiger partial charge in [-0.25, -0.2) is 19.2 Å². The molecule has 0 aliphatic heterocycles. The Bertz CT molecular complexity index is 794. The summed E-state index contributed by atoms with van der Waals surface area (Å²) in [6.07, 6.45) is 0.905. The topological polar surface area (TPSA) is 148 Å². The first kappa shape index (κ1) is 30.1. The number of carbonyl (C=O) groups is 4. The number of benzene rings is 1. The number of alkyl carbamates (subject to hydrolysis) is 2. The van der Waals surface area contributed by atoms with Crippen molar-refractivity contribution in [3.63, 3.8) is 0 Å². The van der Waals surface area contributed by atoms with Gasteiger partial charge in [-0.2, -0.15) is 0 Å². The molecule has 2 N–H and O–H groups in total. The summed E-state index contributed by atoms with van der Waals surface area (Å²) in [6, 6.07) is 7.26. The Morgan fingerprint density at radius 1 is 0.639 bits per heavy atom. The van der Waals surface area contributed by atoms with Gasteiger partial charge in [-0.1, -0.05) is 37.4 Å². The SMILES string of the molecule is C=CC(=O)OCCOCCOC(=O)NCc1cccc(CNC(=O)OCCOCCOC(=O)C=C)c1. The van der Waals surface area contributed by atoms with Crippen molar-refractivity contribution >= 4 is 24.1 Å². The zero-order valence-electron chi connectivity index (χ0n) is 20.0. The molecule has 0 aliphatic rings. The van der Waals surface area contributed by atoms with Crippen LogP contribution in [-0.2, 0) is 51.1 Å². The number of nitrogens with one attached hydrogen (secondary N) is 2. The third-order valence-corrected chi connectivity index (χ3v) is 4.06. The van der Waals surface area contributed by atoms with Gasteiger partial charge < -0.3 is 39.1 Å². The minimum atomic E-state index is -0.607. The zero-order valence-corrected chi connectivity index (χ0v) is 20.0. The quantitative estimate of drug-likeness (QED) is 0.130. The van der Waals surface area contributed by atoms with Gasteiger partial charge >= 0.3 is 24.1 Å². The van der Waals surface area contributed by atoms with Crippen LogP contribution < -0.4 is 10.6 Å². The van der Waals surface area contributed by atoms with E-state index in [2.05, 4.69) is 23.8 Å². The third kappa shape index (κ3) is 15.9. The molecule has 0 saturated carbocycles. The number of hydrogen-bond donors (Lipinski definition) is 2. The van der Waals surface area contributed by atoms with Crippen molar-refractivity contribution in [3.8, 4) is 0 Å². The van der Waals surface area contributed by atoms with Gasteiger partial charge in [0.1, 0.15) is 26.4 Å². The van der Waals surface area contributed by atoms with Crippen molar-refractivity contribution < 1.29 is 47.6 Å². The normalized spacial score (nSPS) is 10.0. The molecule has 12 nitrogen and oxygen atoms in total. The number of hydrogen-bond acceptors (Lipinski definition) is 10. The van der Waals surface area contributed by atoms with E-state index in [1.165, 1.54) is 0 Å². The summed E-state index contributed by atoms with van der Waals surface area (Å²) < 4.78 is 29.8. The molecule has 0 saturated heterocycles. The van der Waals surface area contributed by atoms with Crippen molar-refractivity contribution in [1.29, 1.82) is 0 Å². The lowest BCUT2D eigenvalue weighted by molar-refractivity contribution is -0.140. The fraction of sp³-hybridized carbons (Fsp3) is 0.417. The molecule has 1 rings (SSSR count). The second-order valence-corrected chi connectivity index (χ2v) is 6.77. The summed E-state index contributed by atoms with van der Waals surface area (Å²) in [6.45, 7) is 7.96. The van der Waals surface area contributed by atoms with Gasteiger partial charge in [-0.3, -0.25) is 0 Å². The summed E-state index contributed by atoms with van der Waals surface area (Å²) in [4.78, 5) is 45.3. The van der Waals surface area contributed by atoms with E-state index in [-0.39, 0.29) is 65.9 Å². The molecule has 0 unspecified atom stereocenters. The number of carbonyl (C=O) groups excluding carboxylic acids is 4. The zero-order chi connectivity index (χ0) is 26.4. The molecule has 0 radical (unpaired) electrons. The maximum atomic E-state index is 11.8. The van der Waals surface area contributed by atoms with Crippen LogP contribution in [0.4, 0.5) is 9.59 Å². The average molecular weight is 509 g/mol. The molecule has 0 aliphatic carbocycles.